The van der Waals surface area contributed by atoms with Crippen molar-refractivity contribution in [2.24, 2.45) is 0 Å². The van der Waals surface area contributed by atoms with Crippen molar-refractivity contribution >= 4 is 10.9 Å². The van der Waals surface area contributed by atoms with E-state index >= 15 is 0 Å². The molecule has 0 amide bonds. The van der Waals surface area contributed by atoms with Crippen molar-refractivity contribution in [3.05, 3.63) is 42.5 Å². The Morgan fingerprint density at radius 3 is 2.65 bits per heavy atom. The van der Waals surface area contributed by atoms with E-state index in [1.165, 1.54) is 0 Å². The van der Waals surface area contributed by atoms with Crippen molar-refractivity contribution in [1.29, 1.82) is 0 Å². The summed E-state index contributed by atoms with van der Waals surface area (Å²) in [5, 5.41) is 27.0. The Bertz CT molecular complexity index is 689. The molecule has 0 saturated heterocycles. The van der Waals surface area contributed by atoms with E-state index in [0.717, 1.165) is 11.1 Å². The third-order valence-corrected chi connectivity index (χ3v) is 2.69. The number of aromatic nitrogens is 2. The molecule has 0 atom stereocenters. The minimum Gasteiger partial charge on any atom is -0.508 e. The van der Waals surface area contributed by atoms with E-state index < -0.39 is 0 Å². The second kappa shape index (κ2) is 3.52. The summed E-state index contributed by atoms with van der Waals surface area (Å²) in [5.41, 5.74) is 2.16. The van der Waals surface area contributed by atoms with Gasteiger partial charge < -0.3 is 10.2 Å². The molecule has 0 unspecified atom stereocenters. The molecule has 1 aromatic heterocycles. The maximum atomic E-state index is 9.85. The van der Waals surface area contributed by atoms with Crippen LogP contribution in [-0.4, -0.2) is 20.4 Å². The summed E-state index contributed by atoms with van der Waals surface area (Å²) in [7, 11) is 0. The Morgan fingerprint density at radius 1 is 1.00 bits per heavy atom. The van der Waals surface area contributed by atoms with Gasteiger partial charge in [0.2, 0.25) is 0 Å². The van der Waals surface area contributed by atoms with Crippen LogP contribution in [0.3, 0.4) is 0 Å². The van der Waals surface area contributed by atoms with Crippen LogP contribution < -0.4 is 0 Å². The largest absolute Gasteiger partial charge is 0.508 e. The molecule has 0 aliphatic rings. The van der Waals surface area contributed by atoms with Crippen LogP contribution in [0.15, 0.2) is 42.5 Å². The van der Waals surface area contributed by atoms with Crippen LogP contribution >= 0.6 is 0 Å². The first kappa shape index (κ1) is 9.72. The summed E-state index contributed by atoms with van der Waals surface area (Å²) in [4.78, 5) is 0. The van der Waals surface area contributed by atoms with Crippen LogP contribution in [0.1, 0.15) is 0 Å². The zero-order valence-corrected chi connectivity index (χ0v) is 8.88. The van der Waals surface area contributed by atoms with E-state index in [1.54, 1.807) is 30.3 Å². The summed E-state index contributed by atoms with van der Waals surface area (Å²) in [6.45, 7) is 0. The smallest absolute Gasteiger partial charge is 0.127 e. The highest BCUT2D eigenvalue weighted by atomic mass is 16.3. The second-order valence-corrected chi connectivity index (χ2v) is 3.82. The maximum absolute atomic E-state index is 9.85. The summed E-state index contributed by atoms with van der Waals surface area (Å²) < 4.78 is 0. The van der Waals surface area contributed by atoms with Gasteiger partial charge in [-0.25, -0.2) is 0 Å². The molecule has 17 heavy (non-hydrogen) atoms. The normalized spacial score (nSPS) is 10.8. The molecule has 0 saturated carbocycles. The molecule has 3 rings (SSSR count). The Kier molecular flexibility index (Phi) is 2.01. The molecule has 3 N–H and O–H groups in total. The van der Waals surface area contributed by atoms with Gasteiger partial charge in [-0.05, 0) is 24.3 Å². The first-order chi connectivity index (χ1) is 8.25. The fourth-order valence-electron chi connectivity index (χ4n) is 1.92. The monoisotopic (exact) mass is 226 g/mol. The number of hydrogen-bond acceptors (Lipinski definition) is 3. The van der Waals surface area contributed by atoms with Gasteiger partial charge in [0.05, 0.1) is 10.9 Å². The third-order valence-electron chi connectivity index (χ3n) is 2.69. The van der Waals surface area contributed by atoms with Gasteiger partial charge in [0, 0.05) is 5.56 Å². The van der Waals surface area contributed by atoms with E-state index in [2.05, 4.69) is 10.2 Å². The van der Waals surface area contributed by atoms with Gasteiger partial charge in [-0.3, -0.25) is 5.10 Å². The molecule has 0 radical (unpaired) electrons. The van der Waals surface area contributed by atoms with E-state index in [0.29, 0.717) is 11.1 Å². The Hall–Kier alpha value is -2.49. The highest BCUT2D eigenvalue weighted by Gasteiger charge is 2.11. The molecular weight excluding hydrogens is 216 g/mol. The van der Waals surface area contributed by atoms with Crippen molar-refractivity contribution in [2.45, 2.75) is 0 Å². The predicted molar refractivity (Wildman–Crippen MR) is 64.9 cm³/mol. The molecule has 1 heterocycles. The van der Waals surface area contributed by atoms with Crippen molar-refractivity contribution in [2.75, 3.05) is 0 Å². The SMILES string of the molecule is Oc1cccc(-c2n[nH]c3cccc(O)c23)c1. The molecule has 3 aromatic rings. The fourth-order valence-corrected chi connectivity index (χ4v) is 1.92. The lowest BCUT2D eigenvalue weighted by Crippen LogP contribution is -1.78. The van der Waals surface area contributed by atoms with Crippen LogP contribution in [0.25, 0.3) is 22.2 Å². The van der Waals surface area contributed by atoms with Crippen LogP contribution in [-0.2, 0) is 0 Å². The Balaban J connectivity index is 2.31. The topological polar surface area (TPSA) is 69.1 Å². The first-order valence-corrected chi connectivity index (χ1v) is 5.21. The molecule has 0 fully saturated rings. The highest BCUT2D eigenvalue weighted by molar-refractivity contribution is 5.97. The standard InChI is InChI=1S/C13H10N2O2/c16-9-4-1-3-8(7-9)13-12-10(14-15-13)5-2-6-11(12)17/h1-7,16-17H,(H,14,15). The fraction of sp³-hybridized carbons (Fsp3) is 0. The highest BCUT2D eigenvalue weighted by Crippen LogP contribution is 2.33. The molecule has 4 heteroatoms. The number of fused-ring (bicyclic) bond motifs is 1. The number of nitrogens with one attached hydrogen (secondary N) is 1. The van der Waals surface area contributed by atoms with E-state index in [-0.39, 0.29) is 11.5 Å². The summed E-state index contributed by atoms with van der Waals surface area (Å²) in [6, 6.07) is 12.0. The van der Waals surface area contributed by atoms with Crippen LogP contribution in [0.2, 0.25) is 0 Å². The number of phenolic OH excluding ortho intramolecular Hbond substituents is 2. The van der Waals surface area contributed by atoms with Crippen molar-refractivity contribution in [3.8, 4) is 22.8 Å². The average molecular weight is 226 g/mol. The van der Waals surface area contributed by atoms with Gasteiger partial charge in [0.1, 0.15) is 17.2 Å². The van der Waals surface area contributed by atoms with Crippen molar-refractivity contribution in [1.82, 2.24) is 10.2 Å². The lowest BCUT2D eigenvalue weighted by molar-refractivity contribution is 0.475. The predicted octanol–water partition coefficient (Wildman–Crippen LogP) is 2.64. The number of aromatic hydroxyl groups is 2. The van der Waals surface area contributed by atoms with Gasteiger partial charge in [-0.15, -0.1) is 0 Å². The third kappa shape index (κ3) is 1.50. The number of aromatic amines is 1. The number of phenols is 2. The molecule has 0 aliphatic carbocycles. The zero-order valence-electron chi connectivity index (χ0n) is 8.88. The molecule has 2 aromatic carbocycles. The number of benzene rings is 2. The van der Waals surface area contributed by atoms with Crippen LogP contribution in [0, 0.1) is 0 Å². The lowest BCUT2D eigenvalue weighted by atomic mass is 10.1. The molecule has 0 bridgehead atoms. The molecular formula is C13H10N2O2. The summed E-state index contributed by atoms with van der Waals surface area (Å²) in [6.07, 6.45) is 0. The maximum Gasteiger partial charge on any atom is 0.127 e. The number of H-pyrrole nitrogens is 1. The first-order valence-electron chi connectivity index (χ1n) is 5.21. The van der Waals surface area contributed by atoms with Crippen molar-refractivity contribution in [3.63, 3.8) is 0 Å². The van der Waals surface area contributed by atoms with Gasteiger partial charge in [-0.1, -0.05) is 18.2 Å². The average Bonchev–Trinajstić information content (AvgIpc) is 2.74. The zero-order chi connectivity index (χ0) is 11.8. The molecule has 0 aliphatic heterocycles. The van der Waals surface area contributed by atoms with E-state index in [4.69, 9.17) is 0 Å². The minimum atomic E-state index is 0.175. The van der Waals surface area contributed by atoms with Gasteiger partial charge in [0.15, 0.2) is 0 Å². The van der Waals surface area contributed by atoms with Gasteiger partial charge >= 0.3 is 0 Å². The molecule has 4 nitrogen and oxygen atoms in total. The minimum absolute atomic E-state index is 0.175. The summed E-state index contributed by atoms with van der Waals surface area (Å²) >= 11 is 0. The quantitative estimate of drug-likeness (QED) is 0.597. The van der Waals surface area contributed by atoms with Crippen LogP contribution in [0.4, 0.5) is 0 Å². The number of hydrogen-bond donors (Lipinski definition) is 3. The second-order valence-electron chi connectivity index (χ2n) is 3.82. The lowest BCUT2D eigenvalue weighted by Gasteiger charge is -2.00. The van der Waals surface area contributed by atoms with E-state index in [9.17, 15) is 10.2 Å². The van der Waals surface area contributed by atoms with Gasteiger partial charge in [0.25, 0.3) is 0 Å². The Morgan fingerprint density at radius 2 is 1.82 bits per heavy atom. The number of nitrogens with zero attached hydrogens (tertiary/aromatic N) is 1. The van der Waals surface area contributed by atoms with Gasteiger partial charge in [-0.2, -0.15) is 5.10 Å². The number of rotatable bonds is 1. The molecule has 0 spiro atoms. The van der Waals surface area contributed by atoms with E-state index in [1.807, 2.05) is 12.1 Å². The Labute approximate surface area is 97.2 Å². The molecule has 84 valence electrons. The van der Waals surface area contributed by atoms with Crippen molar-refractivity contribution < 1.29 is 10.2 Å². The summed E-state index contributed by atoms with van der Waals surface area (Å²) in [5.74, 6) is 0.351. The van der Waals surface area contributed by atoms with Crippen LogP contribution in [0.5, 0.6) is 11.5 Å².